The standard InChI is InChI=1S/C14H21F3N2O/c1-4-20-12-7-5-11(6-8-12)13(18-2)9-19(3)10-14(15,16)17/h5-8,13,18H,4,9-10H2,1-3H3. The van der Waals surface area contributed by atoms with Gasteiger partial charge in [0, 0.05) is 12.6 Å². The Morgan fingerprint density at radius 3 is 2.30 bits per heavy atom. The van der Waals surface area contributed by atoms with E-state index in [4.69, 9.17) is 4.74 Å². The van der Waals surface area contributed by atoms with Gasteiger partial charge in [0.05, 0.1) is 13.2 Å². The third-order valence-corrected chi connectivity index (χ3v) is 2.89. The smallest absolute Gasteiger partial charge is 0.401 e. The van der Waals surface area contributed by atoms with E-state index in [1.165, 1.54) is 11.9 Å². The van der Waals surface area contributed by atoms with E-state index >= 15 is 0 Å². The van der Waals surface area contributed by atoms with Crippen molar-refractivity contribution >= 4 is 0 Å². The van der Waals surface area contributed by atoms with Crippen LogP contribution in [0.5, 0.6) is 5.75 Å². The molecule has 0 radical (unpaired) electrons. The van der Waals surface area contributed by atoms with Crippen molar-refractivity contribution in [2.45, 2.75) is 19.1 Å². The molecule has 1 unspecified atom stereocenters. The summed E-state index contributed by atoms with van der Waals surface area (Å²) in [5, 5.41) is 3.04. The van der Waals surface area contributed by atoms with Crippen molar-refractivity contribution in [3.8, 4) is 5.75 Å². The second-order valence-corrected chi connectivity index (χ2v) is 4.66. The summed E-state index contributed by atoms with van der Waals surface area (Å²) in [6.07, 6.45) is -4.17. The Morgan fingerprint density at radius 1 is 1.25 bits per heavy atom. The van der Waals surface area contributed by atoms with E-state index in [9.17, 15) is 13.2 Å². The summed E-state index contributed by atoms with van der Waals surface area (Å²) in [6, 6.07) is 7.24. The van der Waals surface area contributed by atoms with Crippen LogP contribution < -0.4 is 10.1 Å². The molecule has 1 aromatic carbocycles. The first-order chi connectivity index (χ1) is 9.35. The summed E-state index contributed by atoms with van der Waals surface area (Å²) in [6.45, 7) is 1.85. The van der Waals surface area contributed by atoms with E-state index in [2.05, 4.69) is 5.32 Å². The number of ether oxygens (including phenoxy) is 1. The third kappa shape index (κ3) is 5.79. The molecule has 1 N–H and O–H groups in total. The highest BCUT2D eigenvalue weighted by molar-refractivity contribution is 5.29. The number of likely N-dealkylation sites (N-methyl/N-ethyl adjacent to an activating group) is 2. The van der Waals surface area contributed by atoms with Crippen molar-refractivity contribution < 1.29 is 17.9 Å². The zero-order valence-electron chi connectivity index (χ0n) is 12.0. The molecule has 114 valence electrons. The lowest BCUT2D eigenvalue weighted by molar-refractivity contribution is -0.143. The zero-order chi connectivity index (χ0) is 15.2. The normalized spacial score (nSPS) is 13.6. The number of nitrogens with one attached hydrogen (secondary N) is 1. The van der Waals surface area contributed by atoms with E-state index in [-0.39, 0.29) is 12.6 Å². The molecule has 0 fully saturated rings. The van der Waals surface area contributed by atoms with E-state index in [1.807, 2.05) is 31.2 Å². The van der Waals surface area contributed by atoms with Gasteiger partial charge in [-0.3, -0.25) is 4.90 Å². The van der Waals surface area contributed by atoms with Crippen LogP contribution in [0.15, 0.2) is 24.3 Å². The van der Waals surface area contributed by atoms with Gasteiger partial charge in [-0.15, -0.1) is 0 Å². The molecule has 1 aromatic rings. The van der Waals surface area contributed by atoms with Crippen molar-refractivity contribution in [3.05, 3.63) is 29.8 Å². The molecule has 0 aliphatic carbocycles. The second kappa shape index (κ2) is 7.50. The van der Waals surface area contributed by atoms with Gasteiger partial charge in [-0.25, -0.2) is 0 Å². The summed E-state index contributed by atoms with van der Waals surface area (Å²) in [5.41, 5.74) is 0.935. The molecule has 0 heterocycles. The first-order valence-corrected chi connectivity index (χ1v) is 6.51. The maximum absolute atomic E-state index is 12.3. The molecule has 6 heteroatoms. The third-order valence-electron chi connectivity index (χ3n) is 2.89. The quantitative estimate of drug-likeness (QED) is 0.835. The van der Waals surface area contributed by atoms with Gasteiger partial charge in [0.15, 0.2) is 0 Å². The van der Waals surface area contributed by atoms with Crippen molar-refractivity contribution in [1.29, 1.82) is 0 Å². The molecule has 0 aliphatic rings. The highest BCUT2D eigenvalue weighted by Gasteiger charge is 2.29. The topological polar surface area (TPSA) is 24.5 Å². The lowest BCUT2D eigenvalue weighted by atomic mass is 10.1. The summed E-state index contributed by atoms with van der Waals surface area (Å²) in [7, 11) is 3.20. The van der Waals surface area contributed by atoms with Gasteiger partial charge in [0.1, 0.15) is 5.75 Å². The second-order valence-electron chi connectivity index (χ2n) is 4.66. The highest BCUT2D eigenvalue weighted by Crippen LogP contribution is 2.20. The minimum Gasteiger partial charge on any atom is -0.494 e. The summed E-state index contributed by atoms with van der Waals surface area (Å²) in [5.74, 6) is 0.759. The number of hydrogen-bond acceptors (Lipinski definition) is 3. The summed E-state index contributed by atoms with van der Waals surface area (Å²) >= 11 is 0. The minimum atomic E-state index is -4.17. The maximum Gasteiger partial charge on any atom is 0.401 e. The van der Waals surface area contributed by atoms with Crippen molar-refractivity contribution in [1.82, 2.24) is 10.2 Å². The van der Waals surface area contributed by atoms with Crippen LogP contribution in [0.4, 0.5) is 13.2 Å². The predicted molar refractivity (Wildman–Crippen MR) is 73.0 cm³/mol. The van der Waals surface area contributed by atoms with E-state index < -0.39 is 12.7 Å². The number of hydrogen-bond donors (Lipinski definition) is 1. The lowest BCUT2D eigenvalue weighted by Crippen LogP contribution is -2.37. The van der Waals surface area contributed by atoms with Crippen LogP contribution in [-0.2, 0) is 0 Å². The molecule has 1 atom stereocenters. The van der Waals surface area contributed by atoms with Gasteiger partial charge < -0.3 is 10.1 Å². The number of nitrogens with zero attached hydrogens (tertiary/aromatic N) is 1. The fourth-order valence-electron chi connectivity index (χ4n) is 2.01. The summed E-state index contributed by atoms with van der Waals surface area (Å²) in [4.78, 5) is 1.26. The number of alkyl halides is 3. The molecule has 0 saturated carbocycles. The largest absolute Gasteiger partial charge is 0.494 e. The number of benzene rings is 1. The van der Waals surface area contributed by atoms with Crippen LogP contribution in [0.3, 0.4) is 0 Å². The summed E-state index contributed by atoms with van der Waals surface area (Å²) < 4.78 is 42.3. The van der Waals surface area contributed by atoms with E-state index in [0.29, 0.717) is 6.61 Å². The molecule has 20 heavy (non-hydrogen) atoms. The average molecular weight is 290 g/mol. The molecule has 0 aromatic heterocycles. The van der Waals surface area contributed by atoms with Crippen molar-refractivity contribution in [3.63, 3.8) is 0 Å². The Kier molecular flexibility index (Phi) is 6.29. The molecule has 0 aliphatic heterocycles. The Morgan fingerprint density at radius 2 is 1.85 bits per heavy atom. The van der Waals surface area contributed by atoms with E-state index in [0.717, 1.165) is 11.3 Å². The van der Waals surface area contributed by atoms with Gasteiger partial charge in [0.2, 0.25) is 0 Å². The van der Waals surface area contributed by atoms with Crippen LogP contribution >= 0.6 is 0 Å². The molecule has 0 saturated heterocycles. The van der Waals surface area contributed by atoms with Crippen LogP contribution in [-0.4, -0.2) is 44.9 Å². The molecule has 0 amide bonds. The highest BCUT2D eigenvalue weighted by atomic mass is 19.4. The molecule has 1 rings (SSSR count). The molecule has 0 bridgehead atoms. The van der Waals surface area contributed by atoms with Gasteiger partial charge in [-0.05, 0) is 38.7 Å². The Hall–Kier alpha value is -1.27. The molecular weight excluding hydrogens is 269 g/mol. The monoisotopic (exact) mass is 290 g/mol. The van der Waals surface area contributed by atoms with Crippen LogP contribution in [0.1, 0.15) is 18.5 Å². The van der Waals surface area contributed by atoms with Crippen molar-refractivity contribution in [2.75, 3.05) is 33.8 Å². The van der Waals surface area contributed by atoms with Gasteiger partial charge in [0.25, 0.3) is 0 Å². The van der Waals surface area contributed by atoms with Crippen LogP contribution in [0.25, 0.3) is 0 Å². The minimum absolute atomic E-state index is 0.155. The van der Waals surface area contributed by atoms with Gasteiger partial charge in [-0.2, -0.15) is 13.2 Å². The number of rotatable bonds is 7. The van der Waals surface area contributed by atoms with E-state index in [1.54, 1.807) is 7.05 Å². The first-order valence-electron chi connectivity index (χ1n) is 6.51. The average Bonchev–Trinajstić information content (AvgIpc) is 2.35. The number of halogens is 3. The Balaban J connectivity index is 2.65. The Labute approximate surface area is 117 Å². The van der Waals surface area contributed by atoms with Crippen LogP contribution in [0.2, 0.25) is 0 Å². The molecule has 3 nitrogen and oxygen atoms in total. The lowest BCUT2D eigenvalue weighted by Gasteiger charge is -2.25. The maximum atomic E-state index is 12.3. The molecule has 0 spiro atoms. The fraction of sp³-hybridized carbons (Fsp3) is 0.571. The SMILES string of the molecule is CCOc1ccc(C(CN(C)CC(F)(F)F)NC)cc1. The fourth-order valence-corrected chi connectivity index (χ4v) is 2.01. The predicted octanol–water partition coefficient (Wildman–Crippen LogP) is 2.84. The zero-order valence-corrected chi connectivity index (χ0v) is 12.0. The molecular formula is C14H21F3N2O. The van der Waals surface area contributed by atoms with Gasteiger partial charge in [-0.1, -0.05) is 12.1 Å². The van der Waals surface area contributed by atoms with Gasteiger partial charge >= 0.3 is 6.18 Å². The Bertz CT molecular complexity index is 392. The van der Waals surface area contributed by atoms with Crippen molar-refractivity contribution in [2.24, 2.45) is 0 Å². The first kappa shape index (κ1) is 16.8. The van der Waals surface area contributed by atoms with Crippen LogP contribution in [0, 0.1) is 0 Å².